The number of hydrogen-bond donors (Lipinski definition) is 0. The van der Waals surface area contributed by atoms with Crippen molar-refractivity contribution in [3.63, 3.8) is 0 Å². The summed E-state index contributed by atoms with van der Waals surface area (Å²) in [4.78, 5) is 6.63. The van der Waals surface area contributed by atoms with Crippen molar-refractivity contribution in [1.29, 1.82) is 0 Å². The van der Waals surface area contributed by atoms with Gasteiger partial charge in [-0.2, -0.15) is 0 Å². The average Bonchev–Trinajstić information content (AvgIpc) is 2.56. The molecular formula is C21H30N2. The summed E-state index contributed by atoms with van der Waals surface area (Å²) in [5, 5.41) is 0. The van der Waals surface area contributed by atoms with E-state index in [1.165, 1.54) is 0 Å². The van der Waals surface area contributed by atoms with E-state index in [9.17, 15) is 0 Å². The molecule has 0 N–H and O–H groups in total. The first-order valence-electron chi connectivity index (χ1n) is 7.90. The highest BCUT2D eigenvalue weighted by Gasteiger charge is 2.17. The summed E-state index contributed by atoms with van der Waals surface area (Å²) >= 11 is 0. The third-order valence-corrected chi connectivity index (χ3v) is 3.35. The van der Waals surface area contributed by atoms with Crippen molar-refractivity contribution in [3.8, 4) is 0 Å². The number of allylic oxidation sites excluding steroid dienone is 5. The minimum Gasteiger partial charge on any atom is -0.326 e. The van der Waals surface area contributed by atoms with Crippen molar-refractivity contribution < 1.29 is 0 Å². The smallest absolute Gasteiger partial charge is 0.128 e. The van der Waals surface area contributed by atoms with Crippen LogP contribution in [-0.2, 0) is 0 Å². The van der Waals surface area contributed by atoms with E-state index in [4.69, 9.17) is 0 Å². The van der Waals surface area contributed by atoms with Gasteiger partial charge in [-0.05, 0) is 43.2 Å². The Balaban J connectivity index is 5.33. The van der Waals surface area contributed by atoms with Gasteiger partial charge in [-0.1, -0.05) is 57.5 Å². The molecule has 124 valence electrons. The fourth-order valence-corrected chi connectivity index (χ4v) is 2.05. The molecule has 0 aliphatic heterocycles. The van der Waals surface area contributed by atoms with Crippen LogP contribution < -0.4 is 0 Å². The van der Waals surface area contributed by atoms with Gasteiger partial charge >= 0.3 is 0 Å². The number of hydrogen-bond acceptors (Lipinski definition) is 2. The fourth-order valence-electron chi connectivity index (χ4n) is 2.05. The Bertz CT molecular complexity index is 506. The van der Waals surface area contributed by atoms with Crippen molar-refractivity contribution >= 4 is 6.21 Å². The molecule has 0 aliphatic rings. The monoisotopic (exact) mass is 310 g/mol. The first kappa shape index (κ1) is 20.7. The van der Waals surface area contributed by atoms with Gasteiger partial charge in [0.25, 0.3) is 0 Å². The molecule has 0 rings (SSSR count). The first-order chi connectivity index (χ1) is 11.0. The van der Waals surface area contributed by atoms with Crippen molar-refractivity contribution in [3.05, 3.63) is 86.8 Å². The highest BCUT2D eigenvalue weighted by molar-refractivity contribution is 5.57. The van der Waals surface area contributed by atoms with Crippen LogP contribution in [0.5, 0.6) is 0 Å². The highest BCUT2D eigenvalue weighted by atomic mass is 15.2. The first-order valence-corrected chi connectivity index (χ1v) is 7.90. The second kappa shape index (κ2) is 12.2. The van der Waals surface area contributed by atoms with E-state index in [2.05, 4.69) is 51.4 Å². The average molecular weight is 310 g/mol. The number of aliphatic imine (C=N–C) groups is 1. The predicted octanol–water partition coefficient (Wildman–Crippen LogP) is 5.96. The summed E-state index contributed by atoms with van der Waals surface area (Å²) in [6.45, 7) is 25.6. The van der Waals surface area contributed by atoms with Gasteiger partial charge in [0, 0.05) is 18.3 Å². The molecule has 2 nitrogen and oxygen atoms in total. The standard InChI is InChI=1S/C21H30N2/c1-8-13-15-18(6)19(7)17-21(22-16-10-3)23(12-5)20(11-4)14-9-2/h8-9,11-12,14,16,21H,1-2,4-7,10,13,15,17H2,3H3/b20-14+,22-16?. The Morgan fingerprint density at radius 2 is 1.83 bits per heavy atom. The third-order valence-electron chi connectivity index (χ3n) is 3.35. The zero-order valence-electron chi connectivity index (χ0n) is 14.5. The molecule has 0 bridgehead atoms. The zero-order valence-corrected chi connectivity index (χ0v) is 14.5. The van der Waals surface area contributed by atoms with Crippen LogP contribution in [0.3, 0.4) is 0 Å². The van der Waals surface area contributed by atoms with E-state index in [1.54, 1.807) is 18.4 Å². The summed E-state index contributed by atoms with van der Waals surface area (Å²) < 4.78 is 0. The highest BCUT2D eigenvalue weighted by Crippen LogP contribution is 2.23. The van der Waals surface area contributed by atoms with E-state index >= 15 is 0 Å². The van der Waals surface area contributed by atoms with Crippen molar-refractivity contribution in [2.24, 2.45) is 4.99 Å². The van der Waals surface area contributed by atoms with E-state index < -0.39 is 0 Å². The Morgan fingerprint density at radius 1 is 1.13 bits per heavy atom. The second-order valence-electron chi connectivity index (χ2n) is 5.08. The molecule has 0 spiro atoms. The molecule has 0 aromatic heterocycles. The van der Waals surface area contributed by atoms with Crippen LogP contribution in [0, 0.1) is 0 Å². The minimum atomic E-state index is -0.121. The van der Waals surface area contributed by atoms with E-state index in [0.29, 0.717) is 6.42 Å². The minimum absolute atomic E-state index is 0.121. The molecule has 0 saturated carbocycles. The van der Waals surface area contributed by atoms with E-state index in [-0.39, 0.29) is 6.17 Å². The Labute approximate surface area is 142 Å². The maximum absolute atomic E-state index is 4.65. The largest absolute Gasteiger partial charge is 0.326 e. The molecule has 0 fully saturated rings. The summed E-state index contributed by atoms with van der Waals surface area (Å²) in [6, 6.07) is 0. The summed E-state index contributed by atoms with van der Waals surface area (Å²) in [7, 11) is 0. The molecule has 1 atom stereocenters. The predicted molar refractivity (Wildman–Crippen MR) is 105 cm³/mol. The zero-order chi connectivity index (χ0) is 17.7. The van der Waals surface area contributed by atoms with Gasteiger partial charge in [-0.3, -0.25) is 4.99 Å². The summed E-state index contributed by atoms with van der Waals surface area (Å²) in [5.41, 5.74) is 2.94. The topological polar surface area (TPSA) is 15.6 Å². The molecule has 1 unspecified atom stereocenters. The molecule has 2 heteroatoms. The molecule has 0 aromatic rings. The number of rotatable bonds is 13. The SMILES string of the molecule is C=C/C=C(\C=C)N(C=C)C(CC(=C)C(=C)CCC=C)N=CCC. The van der Waals surface area contributed by atoms with Crippen LogP contribution in [-0.4, -0.2) is 17.3 Å². The van der Waals surface area contributed by atoms with E-state index in [0.717, 1.165) is 36.1 Å². The van der Waals surface area contributed by atoms with Crippen LogP contribution >= 0.6 is 0 Å². The van der Waals surface area contributed by atoms with Gasteiger partial charge in [0.05, 0.1) is 0 Å². The van der Waals surface area contributed by atoms with Gasteiger partial charge in [-0.15, -0.1) is 6.58 Å². The molecule has 0 aliphatic carbocycles. The van der Waals surface area contributed by atoms with Crippen LogP contribution in [0.1, 0.15) is 32.6 Å². The molecule has 0 amide bonds. The van der Waals surface area contributed by atoms with Crippen LogP contribution in [0.25, 0.3) is 0 Å². The van der Waals surface area contributed by atoms with E-state index in [1.807, 2.05) is 23.3 Å². The Kier molecular flexibility index (Phi) is 11.0. The molecular weight excluding hydrogens is 280 g/mol. The lowest BCUT2D eigenvalue weighted by atomic mass is 10.00. The van der Waals surface area contributed by atoms with Crippen molar-refractivity contribution in [1.82, 2.24) is 4.90 Å². The summed E-state index contributed by atoms with van der Waals surface area (Å²) in [5.74, 6) is 0. The lowest BCUT2D eigenvalue weighted by molar-refractivity contribution is 0.356. The second-order valence-corrected chi connectivity index (χ2v) is 5.08. The Hall–Kier alpha value is -2.35. The fraction of sp³-hybridized carbons (Fsp3) is 0.286. The quantitative estimate of drug-likeness (QED) is 0.233. The third kappa shape index (κ3) is 7.46. The molecule has 0 heterocycles. The molecule has 0 radical (unpaired) electrons. The van der Waals surface area contributed by atoms with Crippen LogP contribution in [0.15, 0.2) is 91.8 Å². The van der Waals surface area contributed by atoms with Crippen LogP contribution in [0.4, 0.5) is 0 Å². The van der Waals surface area contributed by atoms with Crippen molar-refractivity contribution in [2.45, 2.75) is 38.8 Å². The lowest BCUT2D eigenvalue weighted by Gasteiger charge is -2.29. The lowest BCUT2D eigenvalue weighted by Crippen LogP contribution is -2.28. The molecule has 23 heavy (non-hydrogen) atoms. The van der Waals surface area contributed by atoms with Crippen LogP contribution in [0.2, 0.25) is 0 Å². The normalized spacial score (nSPS) is 12.5. The molecule has 0 aromatic carbocycles. The maximum Gasteiger partial charge on any atom is 0.128 e. The van der Waals surface area contributed by atoms with Gasteiger partial charge in [-0.25, -0.2) is 0 Å². The van der Waals surface area contributed by atoms with Gasteiger partial charge < -0.3 is 4.90 Å². The molecule has 0 saturated heterocycles. The Morgan fingerprint density at radius 3 is 2.30 bits per heavy atom. The summed E-state index contributed by atoms with van der Waals surface area (Å²) in [6.07, 6.45) is 14.2. The maximum atomic E-state index is 4.65. The van der Waals surface area contributed by atoms with Gasteiger partial charge in [0.1, 0.15) is 6.17 Å². The van der Waals surface area contributed by atoms with Gasteiger partial charge in [0.15, 0.2) is 0 Å². The van der Waals surface area contributed by atoms with Crippen molar-refractivity contribution in [2.75, 3.05) is 0 Å². The number of nitrogens with zero attached hydrogens (tertiary/aromatic N) is 2. The van der Waals surface area contributed by atoms with Gasteiger partial charge in [0.2, 0.25) is 0 Å².